The smallest absolute Gasteiger partial charge is 0.255 e. The van der Waals surface area contributed by atoms with E-state index < -0.39 is 0 Å². The maximum absolute atomic E-state index is 12.0. The van der Waals surface area contributed by atoms with E-state index in [1.807, 2.05) is 50.4 Å². The van der Waals surface area contributed by atoms with Crippen molar-refractivity contribution in [2.75, 3.05) is 17.7 Å². The first-order chi connectivity index (χ1) is 8.70. The summed E-state index contributed by atoms with van der Waals surface area (Å²) < 4.78 is 0. The molecule has 0 aromatic heterocycles. The molecular weight excluding hydrogens is 224 g/mol. The van der Waals surface area contributed by atoms with Crippen LogP contribution in [0, 0.1) is 6.92 Å². The summed E-state index contributed by atoms with van der Waals surface area (Å²) in [4.78, 5) is 12.0. The topological polar surface area (TPSA) is 41.1 Å². The van der Waals surface area contributed by atoms with Crippen molar-refractivity contribution in [3.63, 3.8) is 0 Å². The van der Waals surface area contributed by atoms with E-state index in [0.717, 1.165) is 16.9 Å². The van der Waals surface area contributed by atoms with Gasteiger partial charge in [-0.2, -0.15) is 0 Å². The average Bonchev–Trinajstić information content (AvgIpc) is 2.42. The normalized spacial score (nSPS) is 9.89. The van der Waals surface area contributed by atoms with Gasteiger partial charge < -0.3 is 10.6 Å². The molecule has 0 unspecified atom stereocenters. The number of carbonyl (C=O) groups is 1. The molecule has 0 atom stereocenters. The van der Waals surface area contributed by atoms with Gasteiger partial charge in [-0.1, -0.05) is 18.2 Å². The lowest BCUT2D eigenvalue weighted by Crippen LogP contribution is -2.12. The zero-order valence-electron chi connectivity index (χ0n) is 10.5. The van der Waals surface area contributed by atoms with Crippen LogP contribution >= 0.6 is 0 Å². The number of aryl methyl sites for hydroxylation is 1. The molecule has 2 rings (SSSR count). The maximum atomic E-state index is 12.0. The number of hydrogen-bond acceptors (Lipinski definition) is 2. The van der Waals surface area contributed by atoms with Crippen LogP contribution in [-0.4, -0.2) is 13.0 Å². The van der Waals surface area contributed by atoms with Gasteiger partial charge in [0, 0.05) is 24.0 Å². The van der Waals surface area contributed by atoms with Gasteiger partial charge in [0.1, 0.15) is 0 Å². The van der Waals surface area contributed by atoms with Crippen LogP contribution in [0.25, 0.3) is 0 Å². The SMILES string of the molecule is CNc1ccc(NC(=O)c2ccccc2)c(C)c1. The Labute approximate surface area is 107 Å². The Balaban J connectivity index is 2.17. The summed E-state index contributed by atoms with van der Waals surface area (Å²) >= 11 is 0. The van der Waals surface area contributed by atoms with E-state index in [9.17, 15) is 4.79 Å². The molecule has 0 aliphatic heterocycles. The maximum Gasteiger partial charge on any atom is 0.255 e. The van der Waals surface area contributed by atoms with Crippen LogP contribution in [0.1, 0.15) is 15.9 Å². The summed E-state index contributed by atoms with van der Waals surface area (Å²) in [7, 11) is 1.87. The Morgan fingerprint density at radius 2 is 1.78 bits per heavy atom. The molecule has 2 aromatic carbocycles. The predicted molar refractivity (Wildman–Crippen MR) is 75.1 cm³/mol. The predicted octanol–water partition coefficient (Wildman–Crippen LogP) is 3.29. The molecule has 0 aliphatic rings. The number of amides is 1. The summed E-state index contributed by atoms with van der Waals surface area (Å²) in [5.41, 5.74) is 3.56. The highest BCUT2D eigenvalue weighted by atomic mass is 16.1. The lowest BCUT2D eigenvalue weighted by atomic mass is 10.1. The molecular formula is C15H16N2O. The second-order valence-corrected chi connectivity index (χ2v) is 4.10. The number of carbonyl (C=O) groups excluding carboxylic acids is 1. The molecule has 2 aromatic rings. The summed E-state index contributed by atoms with van der Waals surface area (Å²) in [5, 5.41) is 5.98. The number of nitrogens with one attached hydrogen (secondary N) is 2. The minimum absolute atomic E-state index is 0.0871. The van der Waals surface area contributed by atoms with Gasteiger partial charge >= 0.3 is 0 Å². The quantitative estimate of drug-likeness (QED) is 0.864. The van der Waals surface area contributed by atoms with Gasteiger partial charge in [-0.25, -0.2) is 0 Å². The second kappa shape index (κ2) is 5.36. The van der Waals surface area contributed by atoms with Crippen LogP contribution < -0.4 is 10.6 Å². The summed E-state index contributed by atoms with van der Waals surface area (Å²) in [6.45, 7) is 1.97. The molecule has 92 valence electrons. The Morgan fingerprint density at radius 1 is 1.06 bits per heavy atom. The first-order valence-electron chi connectivity index (χ1n) is 5.85. The van der Waals surface area contributed by atoms with Gasteiger partial charge in [-0.15, -0.1) is 0 Å². The zero-order chi connectivity index (χ0) is 13.0. The Hall–Kier alpha value is -2.29. The summed E-state index contributed by atoms with van der Waals surface area (Å²) in [6, 6.07) is 15.0. The molecule has 2 N–H and O–H groups in total. The van der Waals surface area contributed by atoms with Gasteiger partial charge in [0.15, 0.2) is 0 Å². The highest BCUT2D eigenvalue weighted by Crippen LogP contribution is 2.20. The van der Waals surface area contributed by atoms with Crippen LogP contribution in [-0.2, 0) is 0 Å². The minimum atomic E-state index is -0.0871. The molecule has 0 spiro atoms. The molecule has 0 heterocycles. The van der Waals surface area contributed by atoms with E-state index >= 15 is 0 Å². The lowest BCUT2D eigenvalue weighted by molar-refractivity contribution is 0.102. The number of benzene rings is 2. The van der Waals surface area contributed by atoms with E-state index in [2.05, 4.69) is 10.6 Å². The van der Waals surface area contributed by atoms with Gasteiger partial charge in [-0.05, 0) is 42.8 Å². The van der Waals surface area contributed by atoms with Crippen LogP contribution in [0.15, 0.2) is 48.5 Å². The van der Waals surface area contributed by atoms with Gasteiger partial charge in [0.05, 0.1) is 0 Å². The summed E-state index contributed by atoms with van der Waals surface area (Å²) in [5.74, 6) is -0.0871. The van der Waals surface area contributed by atoms with Gasteiger partial charge in [-0.3, -0.25) is 4.79 Å². The Bertz CT molecular complexity index is 550. The van der Waals surface area contributed by atoms with Crippen molar-refractivity contribution in [3.05, 3.63) is 59.7 Å². The third kappa shape index (κ3) is 2.69. The molecule has 0 saturated carbocycles. The number of anilines is 2. The first kappa shape index (κ1) is 12.2. The fourth-order valence-corrected chi connectivity index (χ4v) is 1.74. The molecule has 0 bridgehead atoms. The largest absolute Gasteiger partial charge is 0.388 e. The number of rotatable bonds is 3. The van der Waals surface area contributed by atoms with Gasteiger partial charge in [0.25, 0.3) is 5.91 Å². The lowest BCUT2D eigenvalue weighted by Gasteiger charge is -2.10. The van der Waals surface area contributed by atoms with Crippen molar-refractivity contribution in [3.8, 4) is 0 Å². The van der Waals surface area contributed by atoms with Crippen molar-refractivity contribution >= 4 is 17.3 Å². The van der Waals surface area contributed by atoms with Crippen molar-refractivity contribution in [1.82, 2.24) is 0 Å². The fraction of sp³-hybridized carbons (Fsp3) is 0.133. The summed E-state index contributed by atoms with van der Waals surface area (Å²) in [6.07, 6.45) is 0. The standard InChI is InChI=1S/C15H16N2O/c1-11-10-13(16-2)8-9-14(11)17-15(18)12-6-4-3-5-7-12/h3-10,16H,1-2H3,(H,17,18). The molecule has 0 aliphatic carbocycles. The van der Waals surface area contributed by atoms with Crippen molar-refractivity contribution in [2.45, 2.75) is 6.92 Å². The molecule has 0 fully saturated rings. The molecule has 0 saturated heterocycles. The minimum Gasteiger partial charge on any atom is -0.388 e. The monoisotopic (exact) mass is 240 g/mol. The highest BCUT2D eigenvalue weighted by Gasteiger charge is 2.06. The average molecular weight is 240 g/mol. The third-order valence-electron chi connectivity index (χ3n) is 2.80. The zero-order valence-corrected chi connectivity index (χ0v) is 10.5. The van der Waals surface area contributed by atoms with Crippen LogP contribution in [0.2, 0.25) is 0 Å². The van der Waals surface area contributed by atoms with E-state index in [1.165, 1.54) is 0 Å². The highest BCUT2D eigenvalue weighted by molar-refractivity contribution is 6.04. The van der Waals surface area contributed by atoms with Crippen molar-refractivity contribution in [2.24, 2.45) is 0 Å². The van der Waals surface area contributed by atoms with Gasteiger partial charge in [0.2, 0.25) is 0 Å². The van der Waals surface area contributed by atoms with E-state index in [4.69, 9.17) is 0 Å². The molecule has 18 heavy (non-hydrogen) atoms. The third-order valence-corrected chi connectivity index (χ3v) is 2.80. The molecule has 3 nitrogen and oxygen atoms in total. The van der Waals surface area contributed by atoms with E-state index in [1.54, 1.807) is 12.1 Å². The van der Waals surface area contributed by atoms with Crippen LogP contribution in [0.3, 0.4) is 0 Å². The molecule has 0 radical (unpaired) electrons. The second-order valence-electron chi connectivity index (χ2n) is 4.10. The van der Waals surface area contributed by atoms with Crippen LogP contribution in [0.4, 0.5) is 11.4 Å². The van der Waals surface area contributed by atoms with E-state index in [-0.39, 0.29) is 5.91 Å². The van der Waals surface area contributed by atoms with Crippen molar-refractivity contribution < 1.29 is 4.79 Å². The first-order valence-corrected chi connectivity index (χ1v) is 5.85. The fourth-order valence-electron chi connectivity index (χ4n) is 1.74. The number of hydrogen-bond donors (Lipinski definition) is 2. The van der Waals surface area contributed by atoms with Crippen LogP contribution in [0.5, 0.6) is 0 Å². The Kier molecular flexibility index (Phi) is 3.63. The van der Waals surface area contributed by atoms with E-state index in [0.29, 0.717) is 5.56 Å². The molecule has 1 amide bonds. The Morgan fingerprint density at radius 3 is 2.39 bits per heavy atom. The molecule has 3 heteroatoms. The van der Waals surface area contributed by atoms with Crippen molar-refractivity contribution in [1.29, 1.82) is 0 Å².